The molecule has 106 valence electrons. The minimum Gasteiger partial charge on any atom is -0.455 e. The third kappa shape index (κ3) is 2.97. The minimum absolute atomic E-state index is 0.0380. The maximum Gasteiger partial charge on any atom is 0.146 e. The van der Waals surface area contributed by atoms with Crippen LogP contribution in [0.3, 0.4) is 0 Å². The van der Waals surface area contributed by atoms with Gasteiger partial charge in [0, 0.05) is 6.04 Å². The van der Waals surface area contributed by atoms with Crippen LogP contribution < -0.4 is 10.5 Å². The summed E-state index contributed by atoms with van der Waals surface area (Å²) in [5, 5.41) is 0.583. The molecule has 0 aliphatic carbocycles. The average molecular weight is 290 g/mol. The fourth-order valence-electron chi connectivity index (χ4n) is 2.08. The molecule has 0 amide bonds. The molecule has 2 rings (SSSR count). The van der Waals surface area contributed by atoms with Crippen LogP contribution in [0.1, 0.15) is 35.2 Å². The second kappa shape index (κ2) is 5.86. The van der Waals surface area contributed by atoms with E-state index in [-0.39, 0.29) is 6.04 Å². The molecule has 0 unspecified atom stereocenters. The van der Waals surface area contributed by atoms with E-state index >= 15 is 0 Å². The van der Waals surface area contributed by atoms with Crippen LogP contribution in [-0.4, -0.2) is 0 Å². The zero-order chi connectivity index (χ0) is 14.9. The molecule has 0 saturated heterocycles. The summed E-state index contributed by atoms with van der Waals surface area (Å²) < 4.78 is 6.01. The largest absolute Gasteiger partial charge is 0.455 e. The van der Waals surface area contributed by atoms with Gasteiger partial charge in [0.25, 0.3) is 0 Å². The molecular weight excluding hydrogens is 270 g/mol. The van der Waals surface area contributed by atoms with E-state index in [1.807, 2.05) is 32.0 Å². The monoisotopic (exact) mass is 289 g/mol. The number of ether oxygens (including phenoxy) is 1. The van der Waals surface area contributed by atoms with Crippen LogP contribution >= 0.6 is 11.6 Å². The van der Waals surface area contributed by atoms with Crippen LogP contribution in [0.5, 0.6) is 11.5 Å². The van der Waals surface area contributed by atoms with E-state index in [4.69, 9.17) is 22.1 Å². The quantitative estimate of drug-likeness (QED) is 0.855. The minimum atomic E-state index is -0.0380. The third-order valence-corrected chi connectivity index (χ3v) is 3.86. The van der Waals surface area contributed by atoms with Crippen LogP contribution in [0.2, 0.25) is 5.02 Å². The van der Waals surface area contributed by atoms with Crippen LogP contribution in [-0.2, 0) is 0 Å². The maximum atomic E-state index is 6.29. The fraction of sp³-hybridized carbons (Fsp3) is 0.294. The van der Waals surface area contributed by atoms with E-state index in [0.717, 1.165) is 22.4 Å². The molecule has 0 bridgehead atoms. The van der Waals surface area contributed by atoms with Gasteiger partial charge in [-0.15, -0.1) is 0 Å². The molecular formula is C17H20ClNO. The topological polar surface area (TPSA) is 35.2 Å². The Morgan fingerprint density at radius 1 is 1.05 bits per heavy atom. The van der Waals surface area contributed by atoms with Crippen LogP contribution in [0, 0.1) is 20.8 Å². The summed E-state index contributed by atoms with van der Waals surface area (Å²) in [5.41, 5.74) is 10.3. The molecule has 0 saturated carbocycles. The van der Waals surface area contributed by atoms with Crippen molar-refractivity contribution in [1.29, 1.82) is 0 Å². The normalized spacial score (nSPS) is 12.3. The molecule has 0 spiro atoms. The molecule has 0 aliphatic heterocycles. The molecule has 0 aromatic heterocycles. The van der Waals surface area contributed by atoms with Crippen molar-refractivity contribution in [2.45, 2.75) is 33.7 Å². The summed E-state index contributed by atoms with van der Waals surface area (Å²) in [6.07, 6.45) is 0. The Morgan fingerprint density at radius 3 is 2.30 bits per heavy atom. The molecule has 2 aromatic carbocycles. The van der Waals surface area contributed by atoms with Gasteiger partial charge < -0.3 is 10.5 Å². The number of aryl methyl sites for hydroxylation is 2. The molecule has 2 N–H and O–H groups in total. The van der Waals surface area contributed by atoms with Crippen molar-refractivity contribution in [2.24, 2.45) is 5.73 Å². The lowest BCUT2D eigenvalue weighted by Crippen LogP contribution is -2.04. The zero-order valence-electron chi connectivity index (χ0n) is 12.3. The zero-order valence-corrected chi connectivity index (χ0v) is 13.1. The van der Waals surface area contributed by atoms with Crippen molar-refractivity contribution in [2.75, 3.05) is 0 Å². The van der Waals surface area contributed by atoms with Crippen LogP contribution in [0.15, 0.2) is 30.3 Å². The first-order valence-electron chi connectivity index (χ1n) is 6.70. The highest BCUT2D eigenvalue weighted by Gasteiger charge is 2.11. The number of hydrogen-bond acceptors (Lipinski definition) is 2. The Hall–Kier alpha value is -1.51. The summed E-state index contributed by atoms with van der Waals surface area (Å²) >= 11 is 6.29. The molecule has 0 heterocycles. The number of nitrogens with two attached hydrogens (primary N) is 1. The summed E-state index contributed by atoms with van der Waals surface area (Å²) in [6, 6.07) is 9.81. The summed E-state index contributed by atoms with van der Waals surface area (Å²) in [6.45, 7) is 8.09. The average Bonchev–Trinajstić information content (AvgIpc) is 2.40. The van der Waals surface area contributed by atoms with E-state index in [2.05, 4.69) is 26.0 Å². The van der Waals surface area contributed by atoms with Crippen LogP contribution in [0.4, 0.5) is 0 Å². The number of rotatable bonds is 3. The lowest BCUT2D eigenvalue weighted by Gasteiger charge is -2.15. The van der Waals surface area contributed by atoms with Crippen molar-refractivity contribution < 1.29 is 4.74 Å². The van der Waals surface area contributed by atoms with Crippen LogP contribution in [0.25, 0.3) is 0 Å². The fourth-order valence-corrected chi connectivity index (χ4v) is 2.30. The smallest absolute Gasteiger partial charge is 0.146 e. The highest BCUT2D eigenvalue weighted by molar-refractivity contribution is 6.32. The Bertz CT molecular complexity index is 635. The molecule has 0 aliphatic rings. The maximum absolute atomic E-state index is 6.29. The molecule has 0 radical (unpaired) electrons. The highest BCUT2D eigenvalue weighted by atomic mass is 35.5. The van der Waals surface area contributed by atoms with Gasteiger partial charge in [0.2, 0.25) is 0 Å². The predicted molar refractivity (Wildman–Crippen MR) is 84.8 cm³/mol. The summed E-state index contributed by atoms with van der Waals surface area (Å²) in [5.74, 6) is 1.54. The lowest BCUT2D eigenvalue weighted by molar-refractivity contribution is 0.474. The van der Waals surface area contributed by atoms with Gasteiger partial charge in [0.15, 0.2) is 0 Å². The predicted octanol–water partition coefficient (Wildman–Crippen LogP) is 5.08. The van der Waals surface area contributed by atoms with Crippen molar-refractivity contribution in [3.05, 3.63) is 57.6 Å². The van der Waals surface area contributed by atoms with Gasteiger partial charge in [-0.3, -0.25) is 0 Å². The van der Waals surface area contributed by atoms with Gasteiger partial charge in [-0.1, -0.05) is 29.8 Å². The van der Waals surface area contributed by atoms with E-state index in [9.17, 15) is 0 Å². The number of hydrogen-bond donors (Lipinski definition) is 1. The SMILES string of the molecule is Cc1ccc(C)c(Oc2ccc([C@H](C)N)cc2Cl)c1C. The van der Waals surface area contributed by atoms with Crippen molar-refractivity contribution in [3.63, 3.8) is 0 Å². The standard InChI is InChI=1S/C17H20ClNO/c1-10-5-6-11(2)17(12(10)3)20-16-8-7-14(13(4)19)9-15(16)18/h5-9,13H,19H2,1-4H3/t13-/m0/s1. The van der Waals surface area contributed by atoms with E-state index in [1.165, 1.54) is 5.56 Å². The van der Waals surface area contributed by atoms with Crippen molar-refractivity contribution >= 4 is 11.6 Å². The van der Waals surface area contributed by atoms with E-state index < -0.39 is 0 Å². The second-order valence-corrected chi connectivity index (χ2v) is 5.64. The first kappa shape index (κ1) is 14.9. The van der Waals surface area contributed by atoms with Gasteiger partial charge in [-0.2, -0.15) is 0 Å². The molecule has 0 fully saturated rings. The lowest BCUT2D eigenvalue weighted by atomic mass is 10.1. The highest BCUT2D eigenvalue weighted by Crippen LogP contribution is 2.35. The molecule has 3 heteroatoms. The van der Waals surface area contributed by atoms with Crippen molar-refractivity contribution in [3.8, 4) is 11.5 Å². The molecule has 1 atom stereocenters. The van der Waals surface area contributed by atoms with E-state index in [0.29, 0.717) is 10.8 Å². The summed E-state index contributed by atoms with van der Waals surface area (Å²) in [4.78, 5) is 0. The third-order valence-electron chi connectivity index (χ3n) is 3.57. The Labute approximate surface area is 125 Å². The first-order chi connectivity index (χ1) is 9.40. The van der Waals surface area contributed by atoms with Gasteiger partial charge in [-0.25, -0.2) is 0 Å². The summed E-state index contributed by atoms with van der Waals surface area (Å²) in [7, 11) is 0. The van der Waals surface area contributed by atoms with Crippen molar-refractivity contribution in [1.82, 2.24) is 0 Å². The second-order valence-electron chi connectivity index (χ2n) is 5.23. The Kier molecular flexibility index (Phi) is 4.36. The Balaban J connectivity index is 2.38. The van der Waals surface area contributed by atoms with Gasteiger partial charge in [-0.05, 0) is 62.1 Å². The van der Waals surface area contributed by atoms with Gasteiger partial charge in [0.1, 0.15) is 11.5 Å². The molecule has 2 aromatic rings. The Morgan fingerprint density at radius 2 is 1.70 bits per heavy atom. The molecule has 2 nitrogen and oxygen atoms in total. The number of halogens is 1. The van der Waals surface area contributed by atoms with Gasteiger partial charge in [0.05, 0.1) is 5.02 Å². The van der Waals surface area contributed by atoms with Gasteiger partial charge >= 0.3 is 0 Å². The van der Waals surface area contributed by atoms with E-state index in [1.54, 1.807) is 0 Å². The first-order valence-corrected chi connectivity index (χ1v) is 7.07. The number of benzene rings is 2. The molecule has 20 heavy (non-hydrogen) atoms.